The van der Waals surface area contributed by atoms with Crippen molar-refractivity contribution in [2.24, 2.45) is 7.05 Å². The summed E-state index contributed by atoms with van der Waals surface area (Å²) in [4.78, 5) is 14.3. The topological polar surface area (TPSA) is 50.2 Å². The molecule has 1 unspecified atom stereocenters. The molecule has 0 saturated carbocycles. The van der Waals surface area contributed by atoms with Crippen LogP contribution < -0.4 is 10.2 Å². The van der Waals surface area contributed by atoms with Gasteiger partial charge in [-0.1, -0.05) is 12.1 Å². The second kappa shape index (κ2) is 5.52. The minimum absolute atomic E-state index is 0.0939. The normalized spacial score (nSPS) is 18.3. The van der Waals surface area contributed by atoms with E-state index in [0.717, 1.165) is 27.8 Å². The maximum absolute atomic E-state index is 12.5. The Hall–Kier alpha value is -1.82. The van der Waals surface area contributed by atoms with Crippen molar-refractivity contribution in [1.29, 1.82) is 0 Å². The number of rotatable bonds is 3. The van der Waals surface area contributed by atoms with Gasteiger partial charge in [0.1, 0.15) is 6.04 Å². The van der Waals surface area contributed by atoms with E-state index in [9.17, 15) is 4.79 Å². The number of carbonyl (C=O) groups excluding carboxylic acids is 1. The van der Waals surface area contributed by atoms with Gasteiger partial charge < -0.3 is 10.2 Å². The van der Waals surface area contributed by atoms with Crippen LogP contribution in [0.4, 0.5) is 11.4 Å². The number of anilines is 2. The number of carbonyl (C=O) groups is 1. The molecule has 5 nitrogen and oxygen atoms in total. The van der Waals surface area contributed by atoms with Gasteiger partial charge in [0.2, 0.25) is 5.91 Å². The highest BCUT2D eigenvalue weighted by Crippen LogP contribution is 2.29. The van der Waals surface area contributed by atoms with E-state index >= 15 is 0 Å². The van der Waals surface area contributed by atoms with E-state index in [-0.39, 0.29) is 11.9 Å². The van der Waals surface area contributed by atoms with Crippen molar-refractivity contribution in [2.45, 2.75) is 19.4 Å². The van der Waals surface area contributed by atoms with Crippen LogP contribution >= 0.6 is 15.9 Å². The summed E-state index contributed by atoms with van der Waals surface area (Å²) in [5.74, 6) is 0.0939. The Labute approximate surface area is 132 Å². The third-order valence-electron chi connectivity index (χ3n) is 3.73. The van der Waals surface area contributed by atoms with Crippen LogP contribution in [0.5, 0.6) is 0 Å². The Morgan fingerprint density at radius 2 is 2.24 bits per heavy atom. The summed E-state index contributed by atoms with van der Waals surface area (Å²) in [6.07, 6.45) is 4.37. The summed E-state index contributed by atoms with van der Waals surface area (Å²) in [5, 5.41) is 7.47. The van der Waals surface area contributed by atoms with Crippen LogP contribution in [0, 0.1) is 6.92 Å². The highest BCUT2D eigenvalue weighted by molar-refractivity contribution is 9.10. The highest BCUT2D eigenvalue weighted by Gasteiger charge is 2.33. The van der Waals surface area contributed by atoms with Crippen LogP contribution in [0.1, 0.15) is 12.0 Å². The fourth-order valence-electron chi connectivity index (χ4n) is 2.56. The first kappa shape index (κ1) is 14.1. The third kappa shape index (κ3) is 2.68. The van der Waals surface area contributed by atoms with Gasteiger partial charge in [-0.25, -0.2) is 0 Å². The molecule has 1 N–H and O–H groups in total. The van der Waals surface area contributed by atoms with Crippen molar-refractivity contribution in [3.63, 3.8) is 0 Å². The molecule has 3 rings (SSSR count). The van der Waals surface area contributed by atoms with E-state index in [4.69, 9.17) is 0 Å². The number of aryl methyl sites for hydroxylation is 2. The average molecular weight is 349 g/mol. The molecule has 1 aliphatic rings. The molecule has 6 heteroatoms. The number of amides is 1. The zero-order chi connectivity index (χ0) is 15.0. The first-order valence-electron chi connectivity index (χ1n) is 6.88. The lowest BCUT2D eigenvalue weighted by Gasteiger charge is -2.17. The molecule has 1 aliphatic heterocycles. The van der Waals surface area contributed by atoms with Crippen molar-refractivity contribution in [3.05, 3.63) is 40.6 Å². The number of nitrogens with zero attached hydrogens (tertiary/aromatic N) is 3. The predicted octanol–water partition coefficient (Wildman–Crippen LogP) is 2.71. The summed E-state index contributed by atoms with van der Waals surface area (Å²) in [6.45, 7) is 2.75. The van der Waals surface area contributed by atoms with Crippen molar-refractivity contribution in [1.82, 2.24) is 9.78 Å². The summed E-state index contributed by atoms with van der Waals surface area (Å²) in [5.41, 5.74) is 2.96. The number of aromatic nitrogens is 2. The van der Waals surface area contributed by atoms with E-state index in [1.165, 1.54) is 0 Å². The van der Waals surface area contributed by atoms with Crippen molar-refractivity contribution >= 4 is 33.2 Å². The molecular formula is C15H17BrN4O. The number of hydrogen-bond acceptors (Lipinski definition) is 3. The van der Waals surface area contributed by atoms with Crippen LogP contribution in [0.25, 0.3) is 0 Å². The Morgan fingerprint density at radius 3 is 2.95 bits per heavy atom. The zero-order valence-corrected chi connectivity index (χ0v) is 13.6. The van der Waals surface area contributed by atoms with E-state index in [1.807, 2.05) is 38.4 Å². The lowest BCUT2D eigenvalue weighted by molar-refractivity contribution is -0.117. The number of halogens is 1. The molecule has 0 radical (unpaired) electrons. The van der Waals surface area contributed by atoms with Crippen molar-refractivity contribution in [2.75, 3.05) is 16.8 Å². The first-order chi connectivity index (χ1) is 10.1. The maximum atomic E-state index is 12.5. The smallest absolute Gasteiger partial charge is 0.249 e. The quantitative estimate of drug-likeness (QED) is 0.927. The number of benzene rings is 1. The van der Waals surface area contributed by atoms with Gasteiger partial charge in [0.15, 0.2) is 0 Å². The average Bonchev–Trinajstić information content (AvgIpc) is 3.02. The minimum atomic E-state index is -0.191. The van der Waals surface area contributed by atoms with Crippen molar-refractivity contribution in [3.8, 4) is 0 Å². The Bertz CT molecular complexity index is 682. The van der Waals surface area contributed by atoms with E-state index in [2.05, 4.69) is 26.3 Å². The van der Waals surface area contributed by atoms with Crippen LogP contribution in [0.3, 0.4) is 0 Å². The van der Waals surface area contributed by atoms with Gasteiger partial charge in [0, 0.05) is 29.9 Å². The predicted molar refractivity (Wildman–Crippen MR) is 86.5 cm³/mol. The maximum Gasteiger partial charge on any atom is 0.249 e. The Balaban J connectivity index is 1.76. The molecule has 1 atom stereocenters. The van der Waals surface area contributed by atoms with Gasteiger partial charge in [0.25, 0.3) is 0 Å². The van der Waals surface area contributed by atoms with Crippen LogP contribution in [-0.4, -0.2) is 28.3 Å². The molecule has 21 heavy (non-hydrogen) atoms. The molecule has 110 valence electrons. The number of nitrogens with one attached hydrogen (secondary N) is 1. The highest BCUT2D eigenvalue weighted by atomic mass is 79.9. The zero-order valence-electron chi connectivity index (χ0n) is 12.0. The second-order valence-electron chi connectivity index (χ2n) is 5.28. The molecule has 0 bridgehead atoms. The van der Waals surface area contributed by atoms with E-state index in [1.54, 1.807) is 15.8 Å². The summed E-state index contributed by atoms with van der Waals surface area (Å²) >= 11 is 3.57. The molecule has 0 spiro atoms. The monoisotopic (exact) mass is 348 g/mol. The van der Waals surface area contributed by atoms with Gasteiger partial charge in [-0.15, -0.1) is 0 Å². The first-order valence-corrected chi connectivity index (χ1v) is 7.67. The lowest BCUT2D eigenvalue weighted by Crippen LogP contribution is -2.33. The SMILES string of the molecule is Cc1cccc(NC2CCN(c3cnn(C)c3)C2=O)c1Br. The van der Waals surface area contributed by atoms with Crippen molar-refractivity contribution < 1.29 is 4.79 Å². The molecule has 1 amide bonds. The second-order valence-corrected chi connectivity index (χ2v) is 6.08. The molecule has 1 fully saturated rings. The summed E-state index contributed by atoms with van der Waals surface area (Å²) in [6, 6.07) is 5.81. The summed E-state index contributed by atoms with van der Waals surface area (Å²) < 4.78 is 2.72. The molecule has 1 saturated heterocycles. The van der Waals surface area contributed by atoms with Gasteiger partial charge >= 0.3 is 0 Å². The van der Waals surface area contributed by atoms with Gasteiger partial charge in [-0.2, -0.15) is 5.10 Å². The Morgan fingerprint density at radius 1 is 1.43 bits per heavy atom. The number of hydrogen-bond donors (Lipinski definition) is 1. The molecule has 2 heterocycles. The standard InChI is InChI=1S/C15H17BrN4O/c1-10-4-3-5-12(14(10)16)18-13-6-7-20(15(13)21)11-8-17-19(2)9-11/h3-5,8-9,13,18H,6-7H2,1-2H3. The Kier molecular flexibility index (Phi) is 3.71. The van der Waals surface area contributed by atoms with Gasteiger partial charge in [-0.3, -0.25) is 9.48 Å². The van der Waals surface area contributed by atoms with Crippen LogP contribution in [-0.2, 0) is 11.8 Å². The van der Waals surface area contributed by atoms with E-state index in [0.29, 0.717) is 6.54 Å². The van der Waals surface area contributed by atoms with Crippen LogP contribution in [0.2, 0.25) is 0 Å². The van der Waals surface area contributed by atoms with Gasteiger partial charge in [0.05, 0.1) is 11.9 Å². The summed E-state index contributed by atoms with van der Waals surface area (Å²) in [7, 11) is 1.85. The fourth-order valence-corrected chi connectivity index (χ4v) is 2.94. The van der Waals surface area contributed by atoms with Gasteiger partial charge in [-0.05, 0) is 40.9 Å². The molecule has 2 aromatic rings. The largest absolute Gasteiger partial charge is 0.373 e. The van der Waals surface area contributed by atoms with E-state index < -0.39 is 0 Å². The molecule has 1 aromatic heterocycles. The molecular weight excluding hydrogens is 332 g/mol. The third-order valence-corrected chi connectivity index (χ3v) is 4.78. The minimum Gasteiger partial charge on any atom is -0.373 e. The lowest BCUT2D eigenvalue weighted by atomic mass is 10.2. The van der Waals surface area contributed by atoms with Crippen LogP contribution in [0.15, 0.2) is 35.1 Å². The molecule has 1 aromatic carbocycles. The molecule has 0 aliphatic carbocycles. The fraction of sp³-hybridized carbons (Fsp3) is 0.333.